The van der Waals surface area contributed by atoms with Crippen molar-refractivity contribution >= 4 is 15.9 Å². The van der Waals surface area contributed by atoms with E-state index in [2.05, 4.69) is 0 Å². The van der Waals surface area contributed by atoms with Gasteiger partial charge in [0, 0.05) is 23.3 Å². The number of para-hydroxylation sites is 1. The Morgan fingerprint density at radius 3 is 2.59 bits per heavy atom. The number of carbonyl (C=O) groups is 1. The summed E-state index contributed by atoms with van der Waals surface area (Å²) in [5.41, 5.74) is 0.534. The van der Waals surface area contributed by atoms with Crippen LogP contribution in [0.3, 0.4) is 0 Å². The predicted octanol–water partition coefficient (Wildman–Crippen LogP) is 3.27. The Bertz CT molecular complexity index is 828. The number of hydrogen-bond donors (Lipinski definition) is 2. The zero-order valence-electron chi connectivity index (χ0n) is 17.4. The minimum atomic E-state index is -3.52. The molecule has 8 heteroatoms. The minimum absolute atomic E-state index is 0.00277. The molecule has 1 aromatic carbocycles. The van der Waals surface area contributed by atoms with Crippen LogP contribution in [0, 0.1) is 11.3 Å². The summed E-state index contributed by atoms with van der Waals surface area (Å²) in [5, 5.41) is 10.3. The van der Waals surface area contributed by atoms with Crippen LogP contribution < -0.4 is 4.72 Å². The Morgan fingerprint density at radius 2 is 1.97 bits per heavy atom. The lowest BCUT2D eigenvalue weighted by Crippen LogP contribution is -2.41. The van der Waals surface area contributed by atoms with Gasteiger partial charge in [0.2, 0.25) is 15.9 Å². The summed E-state index contributed by atoms with van der Waals surface area (Å²) >= 11 is 0. The van der Waals surface area contributed by atoms with Crippen LogP contribution in [0.15, 0.2) is 36.4 Å². The Hall–Kier alpha value is -1.90. The summed E-state index contributed by atoms with van der Waals surface area (Å²) in [7, 11) is -3.52. The van der Waals surface area contributed by atoms with Crippen LogP contribution >= 0.6 is 0 Å². The van der Waals surface area contributed by atoms with Crippen molar-refractivity contribution in [1.29, 1.82) is 0 Å². The molecule has 1 saturated heterocycles. The van der Waals surface area contributed by atoms with E-state index >= 15 is 0 Å². The van der Waals surface area contributed by atoms with Crippen molar-refractivity contribution < 1.29 is 27.8 Å². The van der Waals surface area contributed by atoms with Crippen LogP contribution in [-0.2, 0) is 24.3 Å². The van der Waals surface area contributed by atoms with Crippen LogP contribution in [0.2, 0.25) is 0 Å². The molecule has 0 aromatic heterocycles. The molecule has 3 unspecified atom stereocenters. The monoisotopic (exact) mass is 425 g/mol. The van der Waals surface area contributed by atoms with E-state index in [1.807, 2.05) is 49.8 Å². The molecule has 1 aliphatic rings. The molecule has 1 fully saturated rings. The Labute approximate surface area is 173 Å². The first-order valence-electron chi connectivity index (χ1n) is 9.68. The molecule has 162 valence electrons. The largest absolute Gasteiger partial charge is 0.508 e. The highest BCUT2D eigenvalue weighted by Gasteiger charge is 2.38. The molecule has 7 nitrogen and oxygen atoms in total. The van der Waals surface area contributed by atoms with E-state index < -0.39 is 15.9 Å². The van der Waals surface area contributed by atoms with Gasteiger partial charge < -0.3 is 14.6 Å². The molecule has 0 aliphatic carbocycles. The molecular formula is C21H31NO6S. The van der Waals surface area contributed by atoms with E-state index in [0.717, 1.165) is 11.8 Å². The average molecular weight is 426 g/mol. The highest BCUT2D eigenvalue weighted by Crippen LogP contribution is 2.42. The van der Waals surface area contributed by atoms with Crippen LogP contribution in [0.4, 0.5) is 0 Å². The summed E-state index contributed by atoms with van der Waals surface area (Å²) in [6.07, 6.45) is 5.21. The average Bonchev–Trinajstić information content (AvgIpc) is 2.59. The van der Waals surface area contributed by atoms with Crippen LogP contribution in [0.25, 0.3) is 0 Å². The van der Waals surface area contributed by atoms with Gasteiger partial charge in [-0.3, -0.25) is 9.52 Å². The van der Waals surface area contributed by atoms with Crippen molar-refractivity contribution in [2.24, 2.45) is 11.3 Å². The second-order valence-electron chi connectivity index (χ2n) is 8.45. The smallest absolute Gasteiger partial charge is 0.233 e. The number of rotatable bonds is 7. The maximum Gasteiger partial charge on any atom is 0.233 e. The predicted molar refractivity (Wildman–Crippen MR) is 111 cm³/mol. The molecule has 2 rings (SSSR count). The van der Waals surface area contributed by atoms with Gasteiger partial charge in [0.05, 0.1) is 19.0 Å². The van der Waals surface area contributed by atoms with E-state index in [4.69, 9.17) is 9.47 Å². The molecule has 1 aliphatic heterocycles. The number of benzene rings is 1. The third-order valence-electron chi connectivity index (χ3n) is 4.55. The summed E-state index contributed by atoms with van der Waals surface area (Å²) in [6, 6.07) is 7.15. The van der Waals surface area contributed by atoms with Gasteiger partial charge in [-0.15, -0.1) is 0 Å². The zero-order valence-corrected chi connectivity index (χ0v) is 18.2. The number of sulfonamides is 1. The van der Waals surface area contributed by atoms with Gasteiger partial charge in [0.25, 0.3) is 0 Å². The summed E-state index contributed by atoms with van der Waals surface area (Å²) in [5.74, 6) is -0.330. The maximum absolute atomic E-state index is 11.5. The van der Waals surface area contributed by atoms with E-state index in [1.165, 1.54) is 0 Å². The lowest BCUT2D eigenvalue weighted by molar-refractivity contribution is -0.275. The fraction of sp³-hybridized carbons (Fsp3) is 0.571. The van der Waals surface area contributed by atoms with Crippen molar-refractivity contribution in [3.05, 3.63) is 42.0 Å². The molecule has 3 atom stereocenters. The SMILES string of the molecule is CC(C)(C)C1OCC(C/C=C\CCC(=O)NS(C)(=O)=O)C(c2ccccc2O)O1. The number of phenols is 1. The minimum Gasteiger partial charge on any atom is -0.508 e. The third-order valence-corrected chi connectivity index (χ3v) is 5.15. The number of aromatic hydroxyl groups is 1. The van der Waals surface area contributed by atoms with E-state index in [9.17, 15) is 18.3 Å². The normalized spacial score (nSPS) is 23.2. The molecule has 1 aromatic rings. The summed E-state index contributed by atoms with van der Waals surface area (Å²) < 4.78 is 36.2. The highest BCUT2D eigenvalue weighted by atomic mass is 32.2. The lowest BCUT2D eigenvalue weighted by Gasteiger charge is -2.42. The third kappa shape index (κ3) is 7.45. The fourth-order valence-corrected chi connectivity index (χ4v) is 3.66. The van der Waals surface area contributed by atoms with E-state index in [-0.39, 0.29) is 35.9 Å². The molecular weight excluding hydrogens is 394 g/mol. The molecule has 1 heterocycles. The second kappa shape index (κ2) is 9.73. The number of ether oxygens (including phenoxy) is 2. The van der Waals surface area contributed by atoms with Crippen molar-refractivity contribution in [2.45, 2.75) is 52.4 Å². The molecule has 2 N–H and O–H groups in total. The number of carbonyl (C=O) groups excluding carboxylic acids is 1. The van der Waals surface area contributed by atoms with E-state index in [0.29, 0.717) is 19.4 Å². The Morgan fingerprint density at radius 1 is 1.28 bits per heavy atom. The van der Waals surface area contributed by atoms with Crippen molar-refractivity contribution in [3.63, 3.8) is 0 Å². The molecule has 29 heavy (non-hydrogen) atoms. The Kier molecular flexibility index (Phi) is 7.85. The Balaban J connectivity index is 2.00. The summed E-state index contributed by atoms with van der Waals surface area (Å²) in [6.45, 7) is 6.61. The number of allylic oxidation sites excluding steroid dienone is 2. The van der Waals surface area contributed by atoms with Gasteiger partial charge in [-0.25, -0.2) is 8.42 Å². The highest BCUT2D eigenvalue weighted by molar-refractivity contribution is 7.89. The van der Waals surface area contributed by atoms with Crippen LogP contribution in [0.1, 0.15) is 51.7 Å². The van der Waals surface area contributed by atoms with Crippen LogP contribution in [0.5, 0.6) is 5.75 Å². The van der Waals surface area contributed by atoms with Crippen molar-refractivity contribution in [1.82, 2.24) is 4.72 Å². The number of phenolic OH excluding ortho intramolecular Hbond substituents is 1. The molecule has 0 spiro atoms. The number of nitrogens with one attached hydrogen (secondary N) is 1. The zero-order chi connectivity index (χ0) is 21.7. The first kappa shape index (κ1) is 23.4. The van der Waals surface area contributed by atoms with Gasteiger partial charge in [-0.1, -0.05) is 51.1 Å². The lowest BCUT2D eigenvalue weighted by atomic mass is 9.89. The molecule has 0 saturated carbocycles. The quantitative estimate of drug-likeness (QED) is 0.650. The maximum atomic E-state index is 11.5. The molecule has 0 bridgehead atoms. The van der Waals surface area contributed by atoms with Gasteiger partial charge in [-0.05, 0) is 18.9 Å². The van der Waals surface area contributed by atoms with Gasteiger partial charge in [0.1, 0.15) is 5.75 Å². The van der Waals surface area contributed by atoms with Crippen molar-refractivity contribution in [2.75, 3.05) is 12.9 Å². The van der Waals surface area contributed by atoms with Gasteiger partial charge in [-0.2, -0.15) is 0 Å². The van der Waals surface area contributed by atoms with Crippen molar-refractivity contribution in [3.8, 4) is 5.75 Å². The number of amides is 1. The first-order chi connectivity index (χ1) is 13.5. The van der Waals surface area contributed by atoms with Crippen LogP contribution in [-0.4, -0.2) is 38.6 Å². The second-order valence-corrected chi connectivity index (χ2v) is 10.2. The fourth-order valence-electron chi connectivity index (χ4n) is 3.14. The summed E-state index contributed by atoms with van der Waals surface area (Å²) in [4.78, 5) is 11.5. The van der Waals surface area contributed by atoms with Gasteiger partial charge >= 0.3 is 0 Å². The standard InChI is InChI=1S/C21H31NO6S/c1-21(2,3)20-27-14-15(19(28-20)16-11-8-9-12-17(16)23)10-6-5-7-13-18(24)22-29(4,25)26/h5-6,8-9,11-12,15,19-20,23H,7,10,13-14H2,1-4H3,(H,22,24)/b6-5-. The first-order valence-corrected chi connectivity index (χ1v) is 11.6. The van der Waals surface area contributed by atoms with E-state index in [1.54, 1.807) is 12.1 Å². The number of hydrogen-bond acceptors (Lipinski definition) is 6. The molecule has 1 amide bonds. The molecule has 0 radical (unpaired) electrons. The topological polar surface area (TPSA) is 102 Å². The van der Waals surface area contributed by atoms with Gasteiger partial charge in [0.15, 0.2) is 6.29 Å².